The highest BCUT2D eigenvalue weighted by atomic mass is 16.2. The standard InChI is InChI=1S/C21H23N3O2/c25-20(13-19-17-7-3-4-8-18(17)21(26)23-19)22-10-12-24-11-9-15-5-1-2-6-16(15)14-24/h1-8,19H,9-14H2,(H,22,25)(H,23,26). The molecule has 5 nitrogen and oxygen atoms in total. The van der Waals surface area contributed by atoms with E-state index in [1.165, 1.54) is 11.1 Å². The minimum atomic E-state index is -0.222. The first kappa shape index (κ1) is 16.8. The summed E-state index contributed by atoms with van der Waals surface area (Å²) in [5, 5.41) is 5.89. The Morgan fingerprint density at radius 3 is 2.77 bits per heavy atom. The molecule has 0 saturated heterocycles. The van der Waals surface area contributed by atoms with Gasteiger partial charge in [-0.05, 0) is 29.2 Å². The van der Waals surface area contributed by atoms with Crippen LogP contribution in [0.3, 0.4) is 0 Å². The third-order valence-corrected chi connectivity index (χ3v) is 5.24. The van der Waals surface area contributed by atoms with Crippen LogP contribution in [0, 0.1) is 0 Å². The number of hydrogen-bond donors (Lipinski definition) is 2. The number of benzene rings is 2. The lowest BCUT2D eigenvalue weighted by molar-refractivity contribution is -0.121. The minimum Gasteiger partial charge on any atom is -0.355 e. The molecule has 2 amide bonds. The lowest BCUT2D eigenvalue weighted by atomic mass is 10.00. The molecule has 2 aromatic carbocycles. The number of carbonyl (C=O) groups is 2. The van der Waals surface area contributed by atoms with Crippen molar-refractivity contribution < 1.29 is 9.59 Å². The highest BCUT2D eigenvalue weighted by molar-refractivity contribution is 5.99. The zero-order valence-electron chi connectivity index (χ0n) is 14.7. The molecule has 5 heteroatoms. The first-order valence-corrected chi connectivity index (χ1v) is 9.16. The van der Waals surface area contributed by atoms with E-state index in [1.807, 2.05) is 18.2 Å². The summed E-state index contributed by atoms with van der Waals surface area (Å²) in [6.07, 6.45) is 1.35. The molecule has 0 radical (unpaired) electrons. The summed E-state index contributed by atoms with van der Waals surface area (Å²) in [7, 11) is 0. The van der Waals surface area contributed by atoms with Gasteiger partial charge < -0.3 is 10.6 Å². The van der Waals surface area contributed by atoms with Crippen molar-refractivity contribution in [2.75, 3.05) is 19.6 Å². The van der Waals surface area contributed by atoms with Crippen LogP contribution < -0.4 is 10.6 Å². The molecule has 134 valence electrons. The van der Waals surface area contributed by atoms with Gasteiger partial charge in [0.05, 0.1) is 12.5 Å². The van der Waals surface area contributed by atoms with Crippen LogP contribution in [0.15, 0.2) is 48.5 Å². The summed E-state index contributed by atoms with van der Waals surface area (Å²) in [4.78, 5) is 26.6. The smallest absolute Gasteiger partial charge is 0.252 e. The Morgan fingerprint density at radius 1 is 1.12 bits per heavy atom. The van der Waals surface area contributed by atoms with Crippen LogP contribution in [0.1, 0.15) is 39.5 Å². The van der Waals surface area contributed by atoms with Crippen LogP contribution in [0.4, 0.5) is 0 Å². The first-order valence-electron chi connectivity index (χ1n) is 9.16. The van der Waals surface area contributed by atoms with Crippen LogP contribution in [-0.4, -0.2) is 36.3 Å². The maximum atomic E-state index is 12.3. The highest BCUT2D eigenvalue weighted by Gasteiger charge is 2.29. The molecule has 2 aliphatic rings. The molecule has 2 N–H and O–H groups in total. The zero-order chi connectivity index (χ0) is 17.9. The molecule has 0 bridgehead atoms. The van der Waals surface area contributed by atoms with E-state index in [-0.39, 0.29) is 24.3 Å². The van der Waals surface area contributed by atoms with Crippen molar-refractivity contribution in [1.82, 2.24) is 15.5 Å². The SMILES string of the molecule is O=C(CC1NC(=O)c2ccccc21)NCCN1CCc2ccccc2C1. The predicted octanol–water partition coefficient (Wildman–Crippen LogP) is 2.04. The summed E-state index contributed by atoms with van der Waals surface area (Å²) in [5.41, 5.74) is 4.41. The number of rotatable bonds is 5. The van der Waals surface area contributed by atoms with Gasteiger partial charge in [0.1, 0.15) is 0 Å². The van der Waals surface area contributed by atoms with Gasteiger partial charge in [-0.3, -0.25) is 14.5 Å². The number of amides is 2. The molecule has 2 aromatic rings. The summed E-state index contributed by atoms with van der Waals surface area (Å²) < 4.78 is 0. The normalized spacial score (nSPS) is 18.8. The minimum absolute atomic E-state index is 0.0237. The molecule has 26 heavy (non-hydrogen) atoms. The molecule has 2 aliphatic heterocycles. The topological polar surface area (TPSA) is 61.4 Å². The summed E-state index contributed by atoms with van der Waals surface area (Å²) in [6, 6.07) is 15.8. The van der Waals surface area contributed by atoms with Crippen molar-refractivity contribution in [3.63, 3.8) is 0 Å². The Bertz CT molecular complexity index is 834. The molecular weight excluding hydrogens is 326 g/mol. The Morgan fingerprint density at radius 2 is 1.88 bits per heavy atom. The Hall–Kier alpha value is -2.66. The predicted molar refractivity (Wildman–Crippen MR) is 99.7 cm³/mol. The van der Waals surface area contributed by atoms with Gasteiger partial charge in [-0.2, -0.15) is 0 Å². The van der Waals surface area contributed by atoms with E-state index in [0.29, 0.717) is 12.1 Å². The van der Waals surface area contributed by atoms with Crippen molar-refractivity contribution in [2.45, 2.75) is 25.4 Å². The molecule has 1 unspecified atom stereocenters. The fourth-order valence-electron chi connectivity index (χ4n) is 3.84. The molecular formula is C21H23N3O2. The van der Waals surface area contributed by atoms with Crippen molar-refractivity contribution in [3.8, 4) is 0 Å². The van der Waals surface area contributed by atoms with E-state index < -0.39 is 0 Å². The van der Waals surface area contributed by atoms with Gasteiger partial charge >= 0.3 is 0 Å². The van der Waals surface area contributed by atoms with Gasteiger partial charge in [0.2, 0.25) is 5.91 Å². The quantitative estimate of drug-likeness (QED) is 0.868. The zero-order valence-corrected chi connectivity index (χ0v) is 14.7. The Kier molecular flexibility index (Phi) is 4.71. The Balaban J connectivity index is 1.25. The maximum absolute atomic E-state index is 12.3. The van der Waals surface area contributed by atoms with Gasteiger partial charge in [-0.25, -0.2) is 0 Å². The molecule has 4 rings (SSSR count). The lowest BCUT2D eigenvalue weighted by Gasteiger charge is -2.28. The number of fused-ring (bicyclic) bond motifs is 2. The number of hydrogen-bond acceptors (Lipinski definition) is 3. The monoisotopic (exact) mass is 349 g/mol. The third kappa shape index (κ3) is 3.48. The summed E-state index contributed by atoms with van der Waals surface area (Å²) in [5.74, 6) is -0.116. The largest absolute Gasteiger partial charge is 0.355 e. The van der Waals surface area contributed by atoms with Crippen molar-refractivity contribution in [1.29, 1.82) is 0 Å². The number of carbonyl (C=O) groups excluding carboxylic acids is 2. The Labute approximate surface area is 153 Å². The number of nitrogens with zero attached hydrogens (tertiary/aromatic N) is 1. The average molecular weight is 349 g/mol. The number of nitrogens with one attached hydrogen (secondary N) is 2. The fraction of sp³-hybridized carbons (Fsp3) is 0.333. The van der Waals surface area contributed by atoms with Crippen LogP contribution in [0.5, 0.6) is 0 Å². The molecule has 2 heterocycles. The second kappa shape index (κ2) is 7.30. The molecule has 0 fully saturated rings. The first-order chi connectivity index (χ1) is 12.7. The summed E-state index contributed by atoms with van der Waals surface area (Å²) >= 11 is 0. The van der Waals surface area contributed by atoms with Crippen molar-refractivity contribution in [3.05, 3.63) is 70.8 Å². The van der Waals surface area contributed by atoms with Crippen LogP contribution in [-0.2, 0) is 17.8 Å². The van der Waals surface area contributed by atoms with E-state index in [0.717, 1.165) is 31.6 Å². The van der Waals surface area contributed by atoms with Crippen molar-refractivity contribution >= 4 is 11.8 Å². The molecule has 1 atom stereocenters. The van der Waals surface area contributed by atoms with Crippen LogP contribution >= 0.6 is 0 Å². The second-order valence-electron chi connectivity index (χ2n) is 6.96. The van der Waals surface area contributed by atoms with E-state index in [9.17, 15) is 9.59 Å². The lowest BCUT2D eigenvalue weighted by Crippen LogP contribution is -2.38. The molecule has 0 saturated carbocycles. The van der Waals surface area contributed by atoms with E-state index in [2.05, 4.69) is 39.8 Å². The highest BCUT2D eigenvalue weighted by Crippen LogP contribution is 2.27. The van der Waals surface area contributed by atoms with Gasteiger partial charge in [-0.1, -0.05) is 42.5 Å². The van der Waals surface area contributed by atoms with Crippen LogP contribution in [0.25, 0.3) is 0 Å². The third-order valence-electron chi connectivity index (χ3n) is 5.24. The van der Waals surface area contributed by atoms with Crippen LogP contribution in [0.2, 0.25) is 0 Å². The van der Waals surface area contributed by atoms with Gasteiger partial charge in [0.25, 0.3) is 5.91 Å². The van der Waals surface area contributed by atoms with Crippen molar-refractivity contribution in [2.24, 2.45) is 0 Å². The van der Waals surface area contributed by atoms with E-state index in [4.69, 9.17) is 0 Å². The summed E-state index contributed by atoms with van der Waals surface area (Å²) in [6.45, 7) is 3.44. The fourth-order valence-corrected chi connectivity index (χ4v) is 3.84. The van der Waals surface area contributed by atoms with Gasteiger partial charge in [0, 0.05) is 31.7 Å². The average Bonchev–Trinajstić information content (AvgIpc) is 2.97. The van der Waals surface area contributed by atoms with E-state index >= 15 is 0 Å². The maximum Gasteiger partial charge on any atom is 0.252 e. The molecule has 0 spiro atoms. The van der Waals surface area contributed by atoms with E-state index in [1.54, 1.807) is 6.07 Å². The van der Waals surface area contributed by atoms with Gasteiger partial charge in [-0.15, -0.1) is 0 Å². The second-order valence-corrected chi connectivity index (χ2v) is 6.96. The van der Waals surface area contributed by atoms with Gasteiger partial charge in [0.15, 0.2) is 0 Å². The molecule has 0 aliphatic carbocycles. The molecule has 0 aromatic heterocycles.